The first-order valence-corrected chi connectivity index (χ1v) is 7.37. The van der Waals surface area contributed by atoms with Crippen LogP contribution in [0.15, 0.2) is 12.1 Å². The molecule has 0 spiro atoms. The molecule has 2 nitrogen and oxygen atoms in total. The Bertz CT molecular complexity index is 595. The van der Waals surface area contributed by atoms with E-state index in [0.717, 1.165) is 15.7 Å². The van der Waals surface area contributed by atoms with E-state index in [0.29, 0.717) is 0 Å². The molecule has 2 rings (SSSR count). The minimum absolute atomic E-state index is 0.0452. The molecule has 0 saturated carbocycles. The summed E-state index contributed by atoms with van der Waals surface area (Å²) in [6.45, 7) is 12.9. The van der Waals surface area contributed by atoms with E-state index in [1.54, 1.807) is 11.3 Å². The summed E-state index contributed by atoms with van der Waals surface area (Å²) in [6, 6.07) is 4.38. The quantitative estimate of drug-likeness (QED) is 0.824. The van der Waals surface area contributed by atoms with Crippen molar-refractivity contribution in [2.75, 3.05) is 5.73 Å². The maximum atomic E-state index is 6.20. The molecule has 0 atom stereocenters. The highest BCUT2D eigenvalue weighted by molar-refractivity contribution is 7.16. The summed E-state index contributed by atoms with van der Waals surface area (Å²) in [5, 5.41) is 1.92. The summed E-state index contributed by atoms with van der Waals surface area (Å²) >= 11 is 1.60. The van der Waals surface area contributed by atoms with E-state index < -0.39 is 0 Å². The fourth-order valence-electron chi connectivity index (χ4n) is 2.39. The van der Waals surface area contributed by atoms with Crippen LogP contribution >= 0.6 is 11.3 Å². The molecule has 1 aromatic carbocycles. The molecule has 0 fully saturated rings. The lowest BCUT2D eigenvalue weighted by molar-refractivity contribution is 0.586. The van der Waals surface area contributed by atoms with Gasteiger partial charge in [0.05, 0.1) is 0 Å². The average Bonchev–Trinajstić information content (AvgIpc) is 2.59. The summed E-state index contributed by atoms with van der Waals surface area (Å²) < 4.78 is 0. The van der Waals surface area contributed by atoms with E-state index in [-0.39, 0.29) is 5.41 Å². The number of benzene rings is 1. The van der Waals surface area contributed by atoms with Crippen molar-refractivity contribution in [1.82, 2.24) is 4.98 Å². The van der Waals surface area contributed by atoms with Gasteiger partial charge in [0.25, 0.3) is 0 Å². The Kier molecular flexibility index (Phi) is 3.43. The van der Waals surface area contributed by atoms with Gasteiger partial charge in [0.15, 0.2) is 0 Å². The Labute approximate surface area is 119 Å². The van der Waals surface area contributed by atoms with Gasteiger partial charge >= 0.3 is 0 Å². The summed E-state index contributed by atoms with van der Waals surface area (Å²) in [5.74, 6) is 0. The summed E-state index contributed by atoms with van der Waals surface area (Å²) in [7, 11) is 0. The molecule has 0 amide bonds. The third-order valence-electron chi connectivity index (χ3n) is 3.21. The van der Waals surface area contributed by atoms with E-state index in [4.69, 9.17) is 10.7 Å². The highest BCUT2D eigenvalue weighted by atomic mass is 32.1. The van der Waals surface area contributed by atoms with Crippen LogP contribution in [0.1, 0.15) is 42.5 Å². The number of rotatable bonds is 1. The van der Waals surface area contributed by atoms with Crippen molar-refractivity contribution in [3.8, 4) is 11.3 Å². The molecule has 0 aliphatic heterocycles. The number of anilines is 1. The van der Waals surface area contributed by atoms with Crippen LogP contribution in [-0.4, -0.2) is 4.98 Å². The second-order valence-electron chi connectivity index (χ2n) is 6.26. The standard InChI is InChI=1S/C16H22N2S/c1-9-7-10(2)12(11(3)8-9)13-14(17)19-15(18-13)16(4,5)6/h7-8H,17H2,1-6H3. The third kappa shape index (κ3) is 2.66. The second kappa shape index (κ2) is 4.64. The van der Waals surface area contributed by atoms with Gasteiger partial charge in [-0.05, 0) is 31.9 Å². The molecular weight excluding hydrogens is 252 g/mol. The van der Waals surface area contributed by atoms with Gasteiger partial charge < -0.3 is 5.73 Å². The van der Waals surface area contributed by atoms with Crippen molar-refractivity contribution >= 4 is 16.3 Å². The second-order valence-corrected chi connectivity index (χ2v) is 7.29. The molecule has 1 heterocycles. The lowest BCUT2D eigenvalue weighted by atomic mass is 9.96. The number of thiazole rings is 1. The van der Waals surface area contributed by atoms with Crippen molar-refractivity contribution in [3.05, 3.63) is 33.8 Å². The monoisotopic (exact) mass is 274 g/mol. The zero-order valence-corrected chi connectivity index (χ0v) is 13.4. The predicted molar refractivity (Wildman–Crippen MR) is 84.9 cm³/mol. The molecule has 0 aliphatic rings. The third-order valence-corrected chi connectivity index (χ3v) is 4.52. The lowest BCUT2D eigenvalue weighted by Crippen LogP contribution is -2.10. The van der Waals surface area contributed by atoms with Gasteiger partial charge in [-0.15, -0.1) is 11.3 Å². The van der Waals surface area contributed by atoms with Gasteiger partial charge in [0, 0.05) is 11.0 Å². The van der Waals surface area contributed by atoms with E-state index in [1.165, 1.54) is 22.3 Å². The van der Waals surface area contributed by atoms with E-state index in [2.05, 4.69) is 53.7 Å². The highest BCUT2D eigenvalue weighted by Crippen LogP contribution is 2.38. The number of nitrogen functional groups attached to an aromatic ring is 1. The van der Waals surface area contributed by atoms with Crippen LogP contribution in [0.5, 0.6) is 0 Å². The SMILES string of the molecule is Cc1cc(C)c(-c2nc(C(C)(C)C)sc2N)c(C)c1. The average molecular weight is 274 g/mol. The van der Waals surface area contributed by atoms with Crippen molar-refractivity contribution in [1.29, 1.82) is 0 Å². The highest BCUT2D eigenvalue weighted by Gasteiger charge is 2.22. The Hall–Kier alpha value is -1.35. The van der Waals surface area contributed by atoms with Crippen molar-refractivity contribution < 1.29 is 0 Å². The largest absolute Gasteiger partial charge is 0.389 e. The van der Waals surface area contributed by atoms with Crippen LogP contribution in [0.4, 0.5) is 5.00 Å². The van der Waals surface area contributed by atoms with Crippen molar-refractivity contribution in [2.24, 2.45) is 0 Å². The molecule has 2 aromatic rings. The number of aromatic nitrogens is 1. The molecule has 0 aliphatic carbocycles. The topological polar surface area (TPSA) is 38.9 Å². The minimum Gasteiger partial charge on any atom is -0.389 e. The Balaban J connectivity index is 2.64. The van der Waals surface area contributed by atoms with Crippen LogP contribution in [0.2, 0.25) is 0 Å². The van der Waals surface area contributed by atoms with Gasteiger partial charge in [-0.2, -0.15) is 0 Å². The molecule has 0 radical (unpaired) electrons. The normalized spacial score (nSPS) is 11.9. The van der Waals surface area contributed by atoms with Crippen LogP contribution in [0, 0.1) is 20.8 Å². The maximum Gasteiger partial charge on any atom is 0.114 e. The summed E-state index contributed by atoms with van der Waals surface area (Å²) in [6.07, 6.45) is 0. The van der Waals surface area contributed by atoms with Gasteiger partial charge in [0.2, 0.25) is 0 Å². The number of hydrogen-bond donors (Lipinski definition) is 1. The van der Waals surface area contributed by atoms with E-state index >= 15 is 0 Å². The Morgan fingerprint density at radius 3 is 2.00 bits per heavy atom. The van der Waals surface area contributed by atoms with Gasteiger partial charge in [-0.25, -0.2) is 4.98 Å². The molecule has 19 heavy (non-hydrogen) atoms. The Morgan fingerprint density at radius 1 is 1.05 bits per heavy atom. The zero-order valence-electron chi connectivity index (χ0n) is 12.6. The molecule has 3 heteroatoms. The van der Waals surface area contributed by atoms with Crippen LogP contribution in [0.3, 0.4) is 0 Å². The van der Waals surface area contributed by atoms with Crippen molar-refractivity contribution in [3.63, 3.8) is 0 Å². The van der Waals surface area contributed by atoms with E-state index in [1.807, 2.05) is 0 Å². The fraction of sp³-hybridized carbons (Fsp3) is 0.438. The fourth-order valence-corrected chi connectivity index (χ4v) is 3.28. The molecule has 0 saturated heterocycles. The molecule has 0 bridgehead atoms. The molecule has 102 valence electrons. The minimum atomic E-state index is 0.0452. The maximum absolute atomic E-state index is 6.20. The van der Waals surface area contributed by atoms with Gasteiger partial charge in [-0.3, -0.25) is 0 Å². The first-order chi connectivity index (χ1) is 8.70. The number of nitrogens with two attached hydrogens (primary N) is 1. The zero-order chi connectivity index (χ0) is 14.4. The molecule has 1 aromatic heterocycles. The number of hydrogen-bond acceptors (Lipinski definition) is 3. The summed E-state index contributed by atoms with van der Waals surface area (Å²) in [5.41, 5.74) is 12.2. The van der Waals surface area contributed by atoms with Gasteiger partial charge in [0.1, 0.15) is 15.7 Å². The van der Waals surface area contributed by atoms with Crippen LogP contribution in [-0.2, 0) is 5.41 Å². The van der Waals surface area contributed by atoms with Crippen LogP contribution < -0.4 is 5.73 Å². The summed E-state index contributed by atoms with van der Waals surface area (Å²) in [4.78, 5) is 4.80. The number of nitrogens with zero attached hydrogens (tertiary/aromatic N) is 1. The smallest absolute Gasteiger partial charge is 0.114 e. The first kappa shape index (κ1) is 14.1. The molecule has 2 N–H and O–H groups in total. The van der Waals surface area contributed by atoms with E-state index in [9.17, 15) is 0 Å². The van der Waals surface area contributed by atoms with Crippen molar-refractivity contribution in [2.45, 2.75) is 47.0 Å². The van der Waals surface area contributed by atoms with Gasteiger partial charge in [-0.1, -0.05) is 38.5 Å². The lowest BCUT2D eigenvalue weighted by Gasteiger charge is -2.14. The molecule has 0 unspecified atom stereocenters. The first-order valence-electron chi connectivity index (χ1n) is 6.55. The van der Waals surface area contributed by atoms with Crippen LogP contribution in [0.25, 0.3) is 11.3 Å². The predicted octanol–water partition coefficient (Wildman–Crippen LogP) is 4.62. The number of aryl methyl sites for hydroxylation is 3. The Morgan fingerprint density at radius 2 is 1.58 bits per heavy atom. The molecular formula is C16H22N2S.